The quantitative estimate of drug-likeness (QED) is 0.222. The Hall–Kier alpha value is -6.40. The predicted octanol–water partition coefficient (Wildman–Crippen LogP) is -0.655. The van der Waals surface area contributed by atoms with Crippen molar-refractivity contribution in [2.24, 2.45) is 0 Å². The predicted molar refractivity (Wildman–Crippen MR) is 260 cm³/mol. The molecule has 262 valence electrons. The smallest absolute Gasteiger partial charge is 0.164 e. The molecule has 0 aliphatic carbocycles. The third-order valence-corrected chi connectivity index (χ3v) is 12.4. The zero-order valence-corrected chi connectivity index (χ0v) is 33.3. The van der Waals surface area contributed by atoms with Gasteiger partial charge >= 0.3 is 0 Å². The van der Waals surface area contributed by atoms with E-state index >= 15 is 0 Å². The molecule has 0 bridgehead atoms. The van der Waals surface area contributed by atoms with Crippen molar-refractivity contribution >= 4 is 137 Å². The summed E-state index contributed by atoms with van der Waals surface area (Å²) in [6.07, 6.45) is 0. The van der Waals surface area contributed by atoms with Gasteiger partial charge in [-0.15, -0.1) is 5.46 Å². The van der Waals surface area contributed by atoms with Gasteiger partial charge in [0.15, 0.2) is 17.5 Å². The van der Waals surface area contributed by atoms with Gasteiger partial charge in [0, 0.05) is 33.1 Å². The van der Waals surface area contributed by atoms with E-state index in [0.717, 1.165) is 44.3 Å². The summed E-state index contributed by atoms with van der Waals surface area (Å²) in [6, 6.07) is 43.9. The Balaban J connectivity index is 1.30. The summed E-state index contributed by atoms with van der Waals surface area (Å²) in [6.45, 7) is 0. The Morgan fingerprint density at radius 1 is 0.386 bits per heavy atom. The van der Waals surface area contributed by atoms with E-state index in [1.165, 1.54) is 71.2 Å². The van der Waals surface area contributed by atoms with Crippen molar-refractivity contribution in [2.45, 2.75) is 0 Å². The van der Waals surface area contributed by atoms with Crippen molar-refractivity contribution in [3.63, 3.8) is 0 Å². The highest BCUT2D eigenvalue weighted by Crippen LogP contribution is 2.39. The van der Waals surface area contributed by atoms with Gasteiger partial charge in [0.2, 0.25) is 0 Å². The summed E-state index contributed by atoms with van der Waals surface area (Å²) in [5.41, 5.74) is 19.7. The van der Waals surface area contributed by atoms with Crippen LogP contribution in [0.25, 0.3) is 94.7 Å². The highest BCUT2D eigenvalue weighted by atomic mass is 16.3. The van der Waals surface area contributed by atoms with Gasteiger partial charge in [-0.05, 0) is 52.2 Å². The van der Waals surface area contributed by atoms with Crippen LogP contribution in [0.15, 0.2) is 132 Å². The molecule has 3 heterocycles. The number of rotatable bonds is 5. The van der Waals surface area contributed by atoms with E-state index < -0.39 is 0 Å². The average molecular weight is 723 g/mol. The van der Waals surface area contributed by atoms with Crippen molar-refractivity contribution in [3.05, 3.63) is 127 Å². The van der Waals surface area contributed by atoms with Gasteiger partial charge in [-0.3, -0.25) is 0 Å². The minimum atomic E-state index is 0.611. The number of aromatic nitrogens is 4. The third-order valence-electron chi connectivity index (χ3n) is 12.4. The molecular formula is C45H35B7N4O. The molecule has 12 heteroatoms. The van der Waals surface area contributed by atoms with E-state index in [0.29, 0.717) is 17.5 Å². The van der Waals surface area contributed by atoms with Gasteiger partial charge in [-0.25, -0.2) is 15.0 Å². The molecule has 57 heavy (non-hydrogen) atoms. The lowest BCUT2D eigenvalue weighted by atomic mass is 9.64. The molecule has 10 aromatic rings. The molecule has 0 unspecified atom stereocenters. The first-order chi connectivity index (χ1) is 27.7. The van der Waals surface area contributed by atoms with E-state index in [4.69, 9.17) is 19.4 Å². The molecule has 3 aromatic heterocycles. The summed E-state index contributed by atoms with van der Waals surface area (Å²) < 4.78 is 9.23. The molecule has 0 N–H and O–H groups in total. The third kappa shape index (κ3) is 5.38. The number of hydrogen-bond acceptors (Lipinski definition) is 4. The number of nitrogens with zero attached hydrogens (tertiary/aromatic N) is 4. The van der Waals surface area contributed by atoms with Crippen LogP contribution in [0.3, 0.4) is 0 Å². The maximum atomic E-state index is 6.69. The van der Waals surface area contributed by atoms with Crippen LogP contribution in [0.5, 0.6) is 0 Å². The van der Waals surface area contributed by atoms with E-state index in [1.807, 2.05) is 60.7 Å². The second kappa shape index (κ2) is 13.4. The summed E-state index contributed by atoms with van der Waals surface area (Å²) in [5, 5.41) is 4.72. The van der Waals surface area contributed by atoms with Gasteiger partial charge < -0.3 is 8.98 Å². The second-order valence-electron chi connectivity index (χ2n) is 15.4. The molecular weight excluding hydrogens is 688 g/mol. The van der Waals surface area contributed by atoms with Crippen molar-refractivity contribution in [1.82, 2.24) is 19.5 Å². The molecule has 0 aliphatic rings. The topological polar surface area (TPSA) is 56.7 Å². The highest BCUT2D eigenvalue weighted by molar-refractivity contribution is 6.69. The fraction of sp³-hybridized carbons (Fsp3) is 0. The largest absolute Gasteiger partial charge is 0.456 e. The Bertz CT molecular complexity index is 3200. The lowest BCUT2D eigenvalue weighted by Crippen LogP contribution is -2.48. The van der Waals surface area contributed by atoms with Gasteiger partial charge in [0.05, 0.1) is 11.1 Å². The molecule has 0 atom stereocenters. The minimum absolute atomic E-state index is 0.611. The first kappa shape index (κ1) is 35.0. The fourth-order valence-corrected chi connectivity index (χ4v) is 9.07. The zero-order chi connectivity index (χ0) is 39.1. The maximum Gasteiger partial charge on any atom is 0.164 e. The molecule has 7 aromatic carbocycles. The lowest BCUT2D eigenvalue weighted by molar-refractivity contribution is 0.669. The van der Waals surface area contributed by atoms with Crippen LogP contribution >= 0.6 is 0 Å². The number of furan rings is 1. The van der Waals surface area contributed by atoms with Gasteiger partial charge in [-0.2, -0.15) is 0 Å². The van der Waals surface area contributed by atoms with Gasteiger partial charge in [0.25, 0.3) is 0 Å². The van der Waals surface area contributed by atoms with Crippen molar-refractivity contribution in [3.8, 4) is 51.0 Å². The minimum Gasteiger partial charge on any atom is -0.456 e. The molecule has 0 fully saturated rings. The molecule has 10 rings (SSSR count). The van der Waals surface area contributed by atoms with Crippen LogP contribution in [-0.2, 0) is 0 Å². The van der Waals surface area contributed by atoms with E-state index in [1.54, 1.807) is 0 Å². The maximum absolute atomic E-state index is 6.69. The highest BCUT2D eigenvalue weighted by Gasteiger charge is 2.26. The molecule has 0 radical (unpaired) electrons. The number of hydrogen-bond donors (Lipinski definition) is 0. The average Bonchev–Trinajstić information content (AvgIpc) is 3.82. The number of fused-ring (bicyclic) bond motifs is 6. The molecule has 0 saturated carbocycles. The first-order valence-corrected chi connectivity index (χ1v) is 19.6. The van der Waals surface area contributed by atoms with Crippen LogP contribution in [-0.4, -0.2) is 74.4 Å². The first-order valence-electron chi connectivity index (χ1n) is 19.6. The normalized spacial score (nSPS) is 11.6. The van der Waals surface area contributed by atoms with Crippen LogP contribution in [0, 0.1) is 0 Å². The molecule has 0 aliphatic heterocycles. The Morgan fingerprint density at radius 3 is 1.49 bits per heavy atom. The van der Waals surface area contributed by atoms with Crippen molar-refractivity contribution in [1.29, 1.82) is 0 Å². The molecule has 5 nitrogen and oxygen atoms in total. The van der Waals surface area contributed by atoms with Crippen LogP contribution in [0.4, 0.5) is 0 Å². The molecule has 0 amide bonds. The summed E-state index contributed by atoms with van der Waals surface area (Å²) in [7, 11) is 16.0. The van der Waals surface area contributed by atoms with E-state index in [9.17, 15) is 0 Å². The van der Waals surface area contributed by atoms with Gasteiger partial charge in [-0.1, -0.05) is 130 Å². The Kier molecular flexibility index (Phi) is 8.22. The Labute approximate surface area is 337 Å². The lowest BCUT2D eigenvalue weighted by Gasteiger charge is -2.19. The van der Waals surface area contributed by atoms with Crippen molar-refractivity contribution < 1.29 is 4.42 Å². The second-order valence-corrected chi connectivity index (χ2v) is 15.4. The standard InChI is InChI=1S/C45H35B7N4O/c46-34-30(22-11-4-1-5-12-22)37(49)41-32(35(34)47)33-36(48)38(50)39(51)40(52)42(33)56(41)27-17-10-18-29-31(27)26-21-25(19-20-28(26)57-29)45-54-43(23-13-6-2-7-14-23)53-44(55-45)24-15-8-3-9-16-24/h1-21H,46-52H2. The fourth-order valence-electron chi connectivity index (χ4n) is 9.07. The summed E-state index contributed by atoms with van der Waals surface area (Å²) in [4.78, 5) is 15.1. The SMILES string of the molecule is Bc1c(B)c(B)c2c(c1B)c1c(B)c(B)c(-c3ccccc3)c(B)c1n2-c1cccc2oc3ccc(-c4nc(-c5ccccc5)nc(-c5ccccc5)n4)cc3c12. The monoisotopic (exact) mass is 724 g/mol. The Morgan fingerprint density at radius 2 is 0.895 bits per heavy atom. The van der Waals surface area contributed by atoms with Gasteiger partial charge in [0.1, 0.15) is 66.1 Å². The van der Waals surface area contributed by atoms with Crippen molar-refractivity contribution in [2.75, 3.05) is 0 Å². The van der Waals surface area contributed by atoms with E-state index in [-0.39, 0.29) is 0 Å². The van der Waals surface area contributed by atoms with Crippen LogP contribution in [0.1, 0.15) is 0 Å². The summed E-state index contributed by atoms with van der Waals surface area (Å²) >= 11 is 0. The summed E-state index contributed by atoms with van der Waals surface area (Å²) in [5.74, 6) is 1.88. The number of benzene rings is 7. The van der Waals surface area contributed by atoms with Crippen LogP contribution in [0.2, 0.25) is 0 Å². The zero-order valence-electron chi connectivity index (χ0n) is 33.3. The molecule has 0 saturated heterocycles. The van der Waals surface area contributed by atoms with E-state index in [2.05, 4.69) is 126 Å². The van der Waals surface area contributed by atoms with Crippen LogP contribution < -0.4 is 38.2 Å². The molecule has 0 spiro atoms.